The Morgan fingerprint density at radius 3 is 2.92 bits per heavy atom. The molecule has 0 aliphatic carbocycles. The number of aryl methyl sites for hydroxylation is 1. The lowest BCUT2D eigenvalue weighted by Crippen LogP contribution is -2.08. The van der Waals surface area contributed by atoms with Crippen LogP contribution in [0, 0.1) is 0 Å². The van der Waals surface area contributed by atoms with Gasteiger partial charge in [-0.2, -0.15) is 0 Å². The Labute approximate surface area is 73.4 Å². The van der Waals surface area contributed by atoms with E-state index >= 15 is 0 Å². The molecule has 0 aliphatic heterocycles. The summed E-state index contributed by atoms with van der Waals surface area (Å²) in [5.74, 6) is 1.05. The van der Waals surface area contributed by atoms with Gasteiger partial charge in [-0.15, -0.1) is 0 Å². The van der Waals surface area contributed by atoms with Gasteiger partial charge in [0.1, 0.15) is 5.82 Å². The predicted octanol–water partition coefficient (Wildman–Crippen LogP) is 1.77. The number of nitrogens with zero attached hydrogens (tertiary/aromatic N) is 1. The number of nitrogens with one attached hydrogen (secondary N) is 1. The maximum Gasteiger partial charge on any atom is 0.106 e. The van der Waals surface area contributed by atoms with E-state index in [4.69, 9.17) is 5.73 Å². The molecule has 3 heteroatoms. The standard InChI is InChI=1S/C9H17N3/c1-3-5-9-11-6-8(12-9)7(10)4-2/h6-7H,3-5,10H2,1-2H3,(H,11,12). The fourth-order valence-electron chi connectivity index (χ4n) is 1.15. The van der Waals surface area contributed by atoms with Gasteiger partial charge in [0, 0.05) is 18.7 Å². The van der Waals surface area contributed by atoms with Gasteiger partial charge in [-0.25, -0.2) is 4.98 Å². The van der Waals surface area contributed by atoms with E-state index in [9.17, 15) is 0 Å². The molecule has 0 saturated heterocycles. The van der Waals surface area contributed by atoms with Crippen LogP contribution < -0.4 is 5.73 Å². The lowest BCUT2D eigenvalue weighted by Gasteiger charge is -2.03. The van der Waals surface area contributed by atoms with E-state index in [1.54, 1.807) is 0 Å². The molecule has 1 unspecified atom stereocenters. The second-order valence-corrected chi connectivity index (χ2v) is 3.05. The minimum Gasteiger partial charge on any atom is -0.345 e. The van der Waals surface area contributed by atoms with Crippen LogP contribution in [0.25, 0.3) is 0 Å². The maximum absolute atomic E-state index is 5.83. The van der Waals surface area contributed by atoms with Crippen molar-refractivity contribution >= 4 is 0 Å². The topological polar surface area (TPSA) is 54.7 Å². The largest absolute Gasteiger partial charge is 0.345 e. The summed E-state index contributed by atoms with van der Waals surface area (Å²) < 4.78 is 0. The molecule has 0 aliphatic rings. The van der Waals surface area contributed by atoms with Gasteiger partial charge in [0.15, 0.2) is 0 Å². The lowest BCUT2D eigenvalue weighted by molar-refractivity contribution is 0.676. The van der Waals surface area contributed by atoms with Crippen molar-refractivity contribution in [1.82, 2.24) is 9.97 Å². The number of aromatic nitrogens is 2. The van der Waals surface area contributed by atoms with Gasteiger partial charge in [-0.1, -0.05) is 13.8 Å². The van der Waals surface area contributed by atoms with Gasteiger partial charge in [-0.3, -0.25) is 0 Å². The highest BCUT2D eigenvalue weighted by atomic mass is 14.9. The zero-order valence-electron chi connectivity index (χ0n) is 7.80. The first-order chi connectivity index (χ1) is 5.77. The maximum atomic E-state index is 5.83. The third kappa shape index (κ3) is 2.08. The summed E-state index contributed by atoms with van der Waals surface area (Å²) in [6.45, 7) is 4.22. The molecule has 3 nitrogen and oxygen atoms in total. The smallest absolute Gasteiger partial charge is 0.106 e. The second kappa shape index (κ2) is 4.26. The van der Waals surface area contributed by atoms with E-state index in [1.807, 2.05) is 6.20 Å². The highest BCUT2D eigenvalue weighted by Gasteiger charge is 2.05. The number of imidazole rings is 1. The summed E-state index contributed by atoms with van der Waals surface area (Å²) in [5.41, 5.74) is 6.89. The van der Waals surface area contributed by atoms with Crippen molar-refractivity contribution in [3.8, 4) is 0 Å². The van der Waals surface area contributed by atoms with Gasteiger partial charge in [0.05, 0.1) is 5.69 Å². The van der Waals surface area contributed by atoms with Crippen LogP contribution in [0.2, 0.25) is 0 Å². The van der Waals surface area contributed by atoms with E-state index in [-0.39, 0.29) is 6.04 Å². The Balaban J connectivity index is 2.63. The second-order valence-electron chi connectivity index (χ2n) is 3.05. The van der Waals surface area contributed by atoms with Crippen LogP contribution in [0.5, 0.6) is 0 Å². The van der Waals surface area contributed by atoms with Crippen LogP contribution in [0.3, 0.4) is 0 Å². The molecule has 3 N–H and O–H groups in total. The fraction of sp³-hybridized carbons (Fsp3) is 0.667. The summed E-state index contributed by atoms with van der Waals surface area (Å²) in [6.07, 6.45) is 4.93. The molecule has 12 heavy (non-hydrogen) atoms. The Hall–Kier alpha value is -0.830. The summed E-state index contributed by atoms with van der Waals surface area (Å²) in [4.78, 5) is 7.47. The lowest BCUT2D eigenvalue weighted by atomic mass is 10.2. The molecule has 1 aromatic heterocycles. The summed E-state index contributed by atoms with van der Waals surface area (Å²) in [7, 11) is 0. The number of nitrogens with two attached hydrogens (primary N) is 1. The molecule has 0 aromatic carbocycles. The molecule has 1 atom stereocenters. The van der Waals surface area contributed by atoms with Gasteiger partial charge in [0.25, 0.3) is 0 Å². The van der Waals surface area contributed by atoms with Crippen LogP contribution in [0.15, 0.2) is 6.20 Å². The zero-order chi connectivity index (χ0) is 8.97. The molecular formula is C9H17N3. The van der Waals surface area contributed by atoms with Crippen molar-refractivity contribution < 1.29 is 0 Å². The number of rotatable bonds is 4. The molecule has 1 aromatic rings. The van der Waals surface area contributed by atoms with Gasteiger partial charge in [-0.05, 0) is 12.8 Å². The van der Waals surface area contributed by atoms with Crippen molar-refractivity contribution in [1.29, 1.82) is 0 Å². The molecule has 0 bridgehead atoms. The average molecular weight is 167 g/mol. The Morgan fingerprint density at radius 2 is 2.33 bits per heavy atom. The van der Waals surface area contributed by atoms with E-state index in [0.29, 0.717) is 0 Å². The Morgan fingerprint density at radius 1 is 1.58 bits per heavy atom. The van der Waals surface area contributed by atoms with Crippen molar-refractivity contribution in [3.05, 3.63) is 17.7 Å². The number of H-pyrrole nitrogens is 1. The van der Waals surface area contributed by atoms with E-state index in [1.165, 1.54) is 0 Å². The molecule has 0 amide bonds. The van der Waals surface area contributed by atoms with E-state index in [2.05, 4.69) is 23.8 Å². The monoisotopic (exact) mass is 167 g/mol. The quantitative estimate of drug-likeness (QED) is 0.718. The SMILES string of the molecule is CCCc1ncc(C(N)CC)[nH]1. The molecule has 1 heterocycles. The van der Waals surface area contributed by atoms with Crippen LogP contribution >= 0.6 is 0 Å². The molecule has 0 spiro atoms. The van der Waals surface area contributed by atoms with Crippen LogP contribution in [-0.2, 0) is 6.42 Å². The summed E-state index contributed by atoms with van der Waals surface area (Å²) in [6, 6.07) is 0.114. The Kier molecular flexibility index (Phi) is 3.29. The van der Waals surface area contributed by atoms with E-state index in [0.717, 1.165) is 30.8 Å². The summed E-state index contributed by atoms with van der Waals surface area (Å²) in [5, 5.41) is 0. The minimum atomic E-state index is 0.114. The van der Waals surface area contributed by atoms with Gasteiger partial charge < -0.3 is 10.7 Å². The fourth-order valence-corrected chi connectivity index (χ4v) is 1.15. The molecule has 0 fully saturated rings. The third-order valence-corrected chi connectivity index (χ3v) is 1.97. The third-order valence-electron chi connectivity index (χ3n) is 1.97. The molecular weight excluding hydrogens is 150 g/mol. The van der Waals surface area contributed by atoms with Gasteiger partial charge >= 0.3 is 0 Å². The van der Waals surface area contributed by atoms with Gasteiger partial charge in [0.2, 0.25) is 0 Å². The summed E-state index contributed by atoms with van der Waals surface area (Å²) >= 11 is 0. The van der Waals surface area contributed by atoms with Crippen molar-refractivity contribution in [2.24, 2.45) is 5.73 Å². The van der Waals surface area contributed by atoms with Crippen LogP contribution in [0.1, 0.15) is 44.2 Å². The first-order valence-corrected chi connectivity index (χ1v) is 4.57. The Bertz CT molecular complexity index is 229. The zero-order valence-corrected chi connectivity index (χ0v) is 7.80. The number of hydrogen-bond donors (Lipinski definition) is 2. The predicted molar refractivity (Wildman–Crippen MR) is 49.8 cm³/mol. The van der Waals surface area contributed by atoms with Crippen molar-refractivity contribution in [2.75, 3.05) is 0 Å². The molecule has 1 rings (SSSR count). The number of aromatic amines is 1. The van der Waals surface area contributed by atoms with Crippen LogP contribution in [0.4, 0.5) is 0 Å². The number of hydrogen-bond acceptors (Lipinski definition) is 2. The molecule has 0 radical (unpaired) electrons. The first-order valence-electron chi connectivity index (χ1n) is 4.57. The highest BCUT2D eigenvalue weighted by Crippen LogP contribution is 2.10. The van der Waals surface area contributed by atoms with Crippen molar-refractivity contribution in [2.45, 2.75) is 39.2 Å². The molecule has 68 valence electrons. The van der Waals surface area contributed by atoms with Crippen molar-refractivity contribution in [3.63, 3.8) is 0 Å². The average Bonchev–Trinajstić information content (AvgIpc) is 2.52. The highest BCUT2D eigenvalue weighted by molar-refractivity contribution is 5.05. The molecule has 0 saturated carbocycles. The van der Waals surface area contributed by atoms with E-state index < -0.39 is 0 Å². The minimum absolute atomic E-state index is 0.114. The van der Waals surface area contributed by atoms with Crippen LogP contribution in [-0.4, -0.2) is 9.97 Å². The first kappa shape index (κ1) is 9.26. The normalized spacial score (nSPS) is 13.2.